The molecular formula is C19H28O2. The van der Waals surface area contributed by atoms with Crippen molar-refractivity contribution in [2.24, 2.45) is 28.6 Å². The van der Waals surface area contributed by atoms with Crippen LogP contribution < -0.4 is 0 Å². The largest absolute Gasteiger partial charge is 0.393 e. The van der Waals surface area contributed by atoms with E-state index in [2.05, 4.69) is 19.9 Å². The molecule has 0 heterocycles. The van der Waals surface area contributed by atoms with E-state index < -0.39 is 0 Å². The van der Waals surface area contributed by atoms with Gasteiger partial charge in [0.2, 0.25) is 0 Å². The minimum absolute atomic E-state index is 0.0168. The molecule has 0 bridgehead atoms. The van der Waals surface area contributed by atoms with Crippen LogP contribution in [-0.4, -0.2) is 17.0 Å². The first kappa shape index (κ1) is 14.0. The van der Waals surface area contributed by atoms with Gasteiger partial charge in [-0.25, -0.2) is 0 Å². The summed E-state index contributed by atoms with van der Waals surface area (Å²) in [6.07, 6.45) is 10.7. The highest BCUT2D eigenvalue weighted by atomic mass is 16.3. The van der Waals surface area contributed by atoms with Gasteiger partial charge in [-0.15, -0.1) is 0 Å². The number of fused-ring (bicyclic) bond motifs is 5. The van der Waals surface area contributed by atoms with E-state index in [9.17, 15) is 9.90 Å². The second-order valence-electron chi connectivity index (χ2n) is 8.57. The molecule has 6 atom stereocenters. The SMILES string of the molecule is CC12CC[C@H](O)CC1=CCC1C2CC[C@]2(C)C(=O)CCC12. The predicted octanol–water partition coefficient (Wildman–Crippen LogP) is 3.88. The highest BCUT2D eigenvalue weighted by molar-refractivity contribution is 5.87. The zero-order valence-electron chi connectivity index (χ0n) is 13.4. The van der Waals surface area contributed by atoms with Crippen LogP contribution in [0.2, 0.25) is 0 Å². The van der Waals surface area contributed by atoms with Crippen LogP contribution in [0.25, 0.3) is 0 Å². The molecule has 21 heavy (non-hydrogen) atoms. The third-order valence-electron chi connectivity index (χ3n) is 7.79. The van der Waals surface area contributed by atoms with Gasteiger partial charge >= 0.3 is 0 Å². The lowest BCUT2D eigenvalue weighted by molar-refractivity contribution is -0.132. The van der Waals surface area contributed by atoms with Crippen LogP contribution >= 0.6 is 0 Å². The Balaban J connectivity index is 1.69. The van der Waals surface area contributed by atoms with Crippen molar-refractivity contribution in [1.29, 1.82) is 0 Å². The zero-order valence-corrected chi connectivity index (χ0v) is 13.4. The molecule has 116 valence electrons. The van der Waals surface area contributed by atoms with Crippen molar-refractivity contribution in [2.45, 2.75) is 71.3 Å². The van der Waals surface area contributed by atoms with Crippen LogP contribution in [-0.2, 0) is 4.79 Å². The molecule has 0 radical (unpaired) electrons. The monoisotopic (exact) mass is 288 g/mol. The number of ketones is 1. The molecule has 0 aromatic carbocycles. The quantitative estimate of drug-likeness (QED) is 0.687. The maximum Gasteiger partial charge on any atom is 0.139 e. The molecule has 1 N–H and O–H groups in total. The molecule has 3 saturated carbocycles. The lowest BCUT2D eigenvalue weighted by atomic mass is 9.48. The fraction of sp³-hybridized carbons (Fsp3) is 0.842. The molecule has 0 aromatic heterocycles. The van der Waals surface area contributed by atoms with Gasteiger partial charge in [-0.1, -0.05) is 25.5 Å². The number of rotatable bonds is 0. The Morgan fingerprint density at radius 2 is 1.81 bits per heavy atom. The molecule has 0 saturated heterocycles. The van der Waals surface area contributed by atoms with Gasteiger partial charge in [-0.3, -0.25) is 4.79 Å². The molecular weight excluding hydrogens is 260 g/mol. The maximum atomic E-state index is 12.4. The summed E-state index contributed by atoms with van der Waals surface area (Å²) < 4.78 is 0. The summed E-state index contributed by atoms with van der Waals surface area (Å²) in [5.74, 6) is 2.60. The third kappa shape index (κ3) is 1.78. The summed E-state index contributed by atoms with van der Waals surface area (Å²) in [4.78, 5) is 12.4. The lowest BCUT2D eigenvalue weighted by Gasteiger charge is -2.56. The normalized spacial score (nSPS) is 52.7. The van der Waals surface area contributed by atoms with Gasteiger partial charge < -0.3 is 5.11 Å². The van der Waals surface area contributed by atoms with Crippen molar-refractivity contribution >= 4 is 5.78 Å². The van der Waals surface area contributed by atoms with E-state index in [-0.39, 0.29) is 11.5 Å². The van der Waals surface area contributed by atoms with Gasteiger partial charge in [0, 0.05) is 11.8 Å². The fourth-order valence-corrected chi connectivity index (χ4v) is 6.41. The summed E-state index contributed by atoms with van der Waals surface area (Å²) in [6.45, 7) is 4.69. The Labute approximate surface area is 128 Å². The standard InChI is InChI=1S/C19H28O2/c1-18-9-7-13(20)11-12(18)3-4-14-15-5-6-17(21)19(15,2)10-8-16(14)18/h3,13-16,20H,4-11H2,1-2H3/t13-,14?,15?,16?,18?,19-/m0/s1. The van der Waals surface area contributed by atoms with Crippen LogP contribution in [0.4, 0.5) is 0 Å². The Morgan fingerprint density at radius 3 is 2.62 bits per heavy atom. The summed E-state index contributed by atoms with van der Waals surface area (Å²) in [5, 5.41) is 10.00. The van der Waals surface area contributed by atoms with Crippen molar-refractivity contribution in [3.8, 4) is 0 Å². The van der Waals surface area contributed by atoms with Gasteiger partial charge in [-0.05, 0) is 68.1 Å². The van der Waals surface area contributed by atoms with Crippen LogP contribution in [0, 0.1) is 28.6 Å². The minimum atomic E-state index is -0.122. The van der Waals surface area contributed by atoms with Crippen LogP contribution in [0.5, 0.6) is 0 Å². The van der Waals surface area contributed by atoms with Gasteiger partial charge in [-0.2, -0.15) is 0 Å². The van der Waals surface area contributed by atoms with Crippen molar-refractivity contribution in [1.82, 2.24) is 0 Å². The molecule has 0 amide bonds. The minimum Gasteiger partial charge on any atom is -0.393 e. The summed E-state index contributed by atoms with van der Waals surface area (Å²) >= 11 is 0. The Morgan fingerprint density at radius 1 is 1.10 bits per heavy atom. The molecule has 3 fully saturated rings. The smallest absolute Gasteiger partial charge is 0.139 e. The van der Waals surface area contributed by atoms with Gasteiger partial charge in [0.05, 0.1) is 6.10 Å². The summed E-state index contributed by atoms with van der Waals surface area (Å²) in [6, 6.07) is 0. The Bertz CT molecular complexity index is 508. The van der Waals surface area contributed by atoms with E-state index in [0.717, 1.165) is 50.9 Å². The number of carbonyl (C=O) groups excluding carboxylic acids is 1. The average Bonchev–Trinajstić information content (AvgIpc) is 2.76. The average molecular weight is 288 g/mol. The Kier molecular flexibility index (Phi) is 2.96. The van der Waals surface area contributed by atoms with Crippen molar-refractivity contribution in [3.63, 3.8) is 0 Å². The first-order valence-electron chi connectivity index (χ1n) is 8.86. The molecule has 4 aliphatic carbocycles. The lowest BCUT2D eigenvalue weighted by Crippen LogP contribution is -2.50. The van der Waals surface area contributed by atoms with E-state index in [1.807, 2.05) is 0 Å². The molecule has 0 spiro atoms. The summed E-state index contributed by atoms with van der Waals surface area (Å²) in [7, 11) is 0. The number of Topliss-reactive ketones (excluding diaryl/α,β-unsaturated/α-hetero) is 1. The first-order valence-corrected chi connectivity index (χ1v) is 8.86. The van der Waals surface area contributed by atoms with Crippen molar-refractivity contribution in [3.05, 3.63) is 11.6 Å². The van der Waals surface area contributed by atoms with E-state index in [1.54, 1.807) is 0 Å². The van der Waals surface area contributed by atoms with Crippen LogP contribution in [0.1, 0.15) is 65.2 Å². The van der Waals surface area contributed by atoms with E-state index in [1.165, 1.54) is 12.0 Å². The Hall–Kier alpha value is -0.630. The fourth-order valence-electron chi connectivity index (χ4n) is 6.41. The second kappa shape index (κ2) is 4.44. The molecule has 4 aliphatic rings. The molecule has 0 aliphatic heterocycles. The molecule has 0 aromatic rings. The predicted molar refractivity (Wildman–Crippen MR) is 82.7 cm³/mol. The number of aliphatic hydroxyl groups is 1. The summed E-state index contributed by atoms with van der Waals surface area (Å²) in [5.41, 5.74) is 1.81. The number of carbonyl (C=O) groups is 1. The zero-order chi connectivity index (χ0) is 14.8. The van der Waals surface area contributed by atoms with Crippen LogP contribution in [0.3, 0.4) is 0 Å². The van der Waals surface area contributed by atoms with Crippen LogP contribution in [0.15, 0.2) is 11.6 Å². The number of allylic oxidation sites excluding steroid dienone is 1. The number of aliphatic hydroxyl groups excluding tert-OH is 1. The number of hydrogen-bond acceptors (Lipinski definition) is 2. The molecule has 2 nitrogen and oxygen atoms in total. The highest BCUT2D eigenvalue weighted by Gasteiger charge is 2.58. The highest BCUT2D eigenvalue weighted by Crippen LogP contribution is 2.63. The second-order valence-corrected chi connectivity index (χ2v) is 8.57. The topological polar surface area (TPSA) is 37.3 Å². The maximum absolute atomic E-state index is 12.4. The van der Waals surface area contributed by atoms with Gasteiger partial charge in [0.15, 0.2) is 0 Å². The van der Waals surface area contributed by atoms with Crippen molar-refractivity contribution in [2.75, 3.05) is 0 Å². The molecule has 4 rings (SSSR count). The van der Waals surface area contributed by atoms with E-state index >= 15 is 0 Å². The molecule has 4 unspecified atom stereocenters. The van der Waals surface area contributed by atoms with Gasteiger partial charge in [0.25, 0.3) is 0 Å². The molecule has 2 heteroatoms. The first-order chi connectivity index (χ1) is 9.95. The number of hydrogen-bond donors (Lipinski definition) is 1. The van der Waals surface area contributed by atoms with E-state index in [4.69, 9.17) is 0 Å². The van der Waals surface area contributed by atoms with E-state index in [0.29, 0.717) is 23.0 Å². The van der Waals surface area contributed by atoms with Crippen molar-refractivity contribution < 1.29 is 9.90 Å². The van der Waals surface area contributed by atoms with Gasteiger partial charge in [0.1, 0.15) is 5.78 Å². The third-order valence-corrected chi connectivity index (χ3v) is 7.79.